The summed E-state index contributed by atoms with van der Waals surface area (Å²) in [5, 5.41) is 3.51. The predicted octanol–water partition coefficient (Wildman–Crippen LogP) is 3.65. The van der Waals surface area contributed by atoms with Gasteiger partial charge in [0.15, 0.2) is 5.96 Å². The number of unbranched alkanes of at least 4 members (excludes halogenated alkanes) is 1. The summed E-state index contributed by atoms with van der Waals surface area (Å²) in [7, 11) is 1.89. The van der Waals surface area contributed by atoms with Crippen LogP contribution in [0.25, 0.3) is 6.08 Å². The molecule has 1 aliphatic rings. The van der Waals surface area contributed by atoms with Crippen molar-refractivity contribution in [3.63, 3.8) is 0 Å². The molecule has 0 aliphatic carbocycles. The Bertz CT molecular complexity index is 528. The summed E-state index contributed by atoms with van der Waals surface area (Å²) >= 11 is 1.92. The maximum absolute atomic E-state index is 4.45. The second kappa shape index (κ2) is 14.3. The summed E-state index contributed by atoms with van der Waals surface area (Å²) in [6.07, 6.45) is 9.13. The van der Waals surface area contributed by atoms with Crippen LogP contribution in [0, 0.1) is 0 Å². The number of hydrogen-bond donors (Lipinski definition) is 1. The van der Waals surface area contributed by atoms with E-state index in [9.17, 15) is 0 Å². The van der Waals surface area contributed by atoms with Gasteiger partial charge in [0.05, 0.1) is 0 Å². The van der Waals surface area contributed by atoms with Crippen molar-refractivity contribution in [1.82, 2.24) is 15.1 Å². The van der Waals surface area contributed by atoms with E-state index in [2.05, 4.69) is 68.8 Å². The average molecular weight is 488 g/mol. The zero-order chi connectivity index (χ0) is 17.7. The van der Waals surface area contributed by atoms with E-state index in [0.717, 1.165) is 45.2 Å². The summed E-state index contributed by atoms with van der Waals surface area (Å²) in [5.74, 6) is 2.30. The molecule has 146 valence electrons. The van der Waals surface area contributed by atoms with Gasteiger partial charge in [-0.1, -0.05) is 42.5 Å². The molecule has 0 saturated carbocycles. The number of aliphatic imine (C=N–C) groups is 1. The molecule has 0 radical (unpaired) electrons. The van der Waals surface area contributed by atoms with Crippen molar-refractivity contribution in [3.05, 3.63) is 42.0 Å². The van der Waals surface area contributed by atoms with Crippen LogP contribution in [-0.2, 0) is 0 Å². The Kier molecular flexibility index (Phi) is 12.9. The Morgan fingerprint density at radius 3 is 2.54 bits per heavy atom. The summed E-state index contributed by atoms with van der Waals surface area (Å²) in [6.45, 7) is 6.31. The molecule has 1 heterocycles. The zero-order valence-corrected chi connectivity index (χ0v) is 19.2. The Hall–Kier alpha value is -0.730. The first kappa shape index (κ1) is 23.3. The van der Waals surface area contributed by atoms with E-state index in [-0.39, 0.29) is 24.0 Å². The van der Waals surface area contributed by atoms with Crippen molar-refractivity contribution in [3.8, 4) is 0 Å². The van der Waals surface area contributed by atoms with Crippen molar-refractivity contribution >= 4 is 47.8 Å². The number of nitrogens with one attached hydrogen (secondary N) is 1. The lowest BCUT2D eigenvalue weighted by molar-refractivity contribution is 0.194. The van der Waals surface area contributed by atoms with Crippen molar-refractivity contribution in [2.45, 2.75) is 12.8 Å². The molecule has 0 unspecified atom stereocenters. The summed E-state index contributed by atoms with van der Waals surface area (Å²) in [6, 6.07) is 10.5. The quantitative estimate of drug-likeness (QED) is 0.262. The van der Waals surface area contributed by atoms with Gasteiger partial charge in [0.1, 0.15) is 0 Å². The third-order valence-corrected chi connectivity index (χ3v) is 5.11. The topological polar surface area (TPSA) is 30.9 Å². The molecular formula is C20H33IN4S. The number of rotatable bonds is 8. The highest BCUT2D eigenvalue weighted by molar-refractivity contribution is 14.0. The highest BCUT2D eigenvalue weighted by Gasteiger charge is 2.18. The Labute approximate surface area is 180 Å². The Morgan fingerprint density at radius 2 is 1.88 bits per heavy atom. The molecule has 0 atom stereocenters. The fourth-order valence-electron chi connectivity index (χ4n) is 2.95. The molecule has 4 nitrogen and oxygen atoms in total. The largest absolute Gasteiger partial charge is 0.356 e. The molecule has 26 heavy (non-hydrogen) atoms. The molecule has 1 aromatic rings. The van der Waals surface area contributed by atoms with Crippen molar-refractivity contribution in [2.75, 3.05) is 58.3 Å². The molecule has 6 heteroatoms. The number of guanidine groups is 1. The van der Waals surface area contributed by atoms with Crippen LogP contribution in [0.1, 0.15) is 18.4 Å². The van der Waals surface area contributed by atoms with Crippen LogP contribution < -0.4 is 5.32 Å². The molecule has 1 aromatic carbocycles. The lowest BCUT2D eigenvalue weighted by Crippen LogP contribution is -2.52. The van der Waals surface area contributed by atoms with Gasteiger partial charge in [-0.3, -0.25) is 9.89 Å². The molecule has 1 saturated heterocycles. The van der Waals surface area contributed by atoms with Gasteiger partial charge in [-0.15, -0.1) is 24.0 Å². The van der Waals surface area contributed by atoms with Crippen LogP contribution in [0.3, 0.4) is 0 Å². The molecule has 0 amide bonds. The number of benzene rings is 1. The number of hydrogen-bond acceptors (Lipinski definition) is 3. The van der Waals surface area contributed by atoms with E-state index in [0.29, 0.717) is 0 Å². The van der Waals surface area contributed by atoms with Gasteiger partial charge in [0.25, 0.3) is 0 Å². The van der Waals surface area contributed by atoms with Crippen LogP contribution >= 0.6 is 35.7 Å². The maximum atomic E-state index is 4.45. The number of piperazine rings is 1. The molecule has 1 fully saturated rings. The predicted molar refractivity (Wildman–Crippen MR) is 128 cm³/mol. The molecule has 1 N–H and O–H groups in total. The van der Waals surface area contributed by atoms with Crippen molar-refractivity contribution < 1.29 is 0 Å². The standard InChI is InChI=1S/C20H32N4S.HI/c1-21-20(22-12-6-7-18-25-2)24-16-14-23(15-17-24)13-8-11-19-9-4-3-5-10-19;/h3-5,8-11H,6-7,12-18H2,1-2H3,(H,21,22);1H/b11-8+;. The third-order valence-electron chi connectivity index (χ3n) is 4.42. The third kappa shape index (κ3) is 8.77. The van der Waals surface area contributed by atoms with E-state index in [1.54, 1.807) is 0 Å². The average Bonchev–Trinajstić information content (AvgIpc) is 2.66. The van der Waals surface area contributed by atoms with Gasteiger partial charge in [0, 0.05) is 46.3 Å². The minimum atomic E-state index is 0. The fraction of sp³-hybridized carbons (Fsp3) is 0.550. The van der Waals surface area contributed by atoms with Crippen LogP contribution in [0.4, 0.5) is 0 Å². The molecule has 0 aromatic heterocycles. The highest BCUT2D eigenvalue weighted by Crippen LogP contribution is 2.05. The monoisotopic (exact) mass is 488 g/mol. The Balaban J connectivity index is 0.00000338. The lowest BCUT2D eigenvalue weighted by atomic mass is 10.2. The van der Waals surface area contributed by atoms with E-state index in [1.807, 2.05) is 18.8 Å². The number of thioether (sulfide) groups is 1. The van der Waals surface area contributed by atoms with E-state index in [1.165, 1.54) is 24.2 Å². The molecule has 0 bridgehead atoms. The van der Waals surface area contributed by atoms with Gasteiger partial charge < -0.3 is 10.2 Å². The minimum absolute atomic E-state index is 0. The molecule has 1 aliphatic heterocycles. The minimum Gasteiger partial charge on any atom is -0.356 e. The van der Waals surface area contributed by atoms with E-state index < -0.39 is 0 Å². The summed E-state index contributed by atoms with van der Waals surface area (Å²) < 4.78 is 0. The van der Waals surface area contributed by atoms with Gasteiger partial charge in [-0.2, -0.15) is 11.8 Å². The summed E-state index contributed by atoms with van der Waals surface area (Å²) in [5.41, 5.74) is 1.27. The highest BCUT2D eigenvalue weighted by atomic mass is 127. The Morgan fingerprint density at radius 1 is 1.15 bits per heavy atom. The second-order valence-corrected chi connectivity index (χ2v) is 7.26. The van der Waals surface area contributed by atoms with Crippen molar-refractivity contribution in [1.29, 1.82) is 0 Å². The first-order valence-corrected chi connectivity index (χ1v) is 10.6. The SMILES string of the molecule is CN=C(NCCCCSC)N1CCN(C/C=C/c2ccccc2)CC1.I. The summed E-state index contributed by atoms with van der Waals surface area (Å²) in [4.78, 5) is 9.33. The van der Waals surface area contributed by atoms with Crippen molar-refractivity contribution in [2.24, 2.45) is 4.99 Å². The van der Waals surface area contributed by atoms with Gasteiger partial charge >= 0.3 is 0 Å². The fourth-order valence-corrected chi connectivity index (χ4v) is 3.44. The maximum Gasteiger partial charge on any atom is 0.193 e. The van der Waals surface area contributed by atoms with Gasteiger partial charge in [-0.25, -0.2) is 0 Å². The van der Waals surface area contributed by atoms with E-state index in [4.69, 9.17) is 0 Å². The first-order chi connectivity index (χ1) is 12.3. The normalized spacial score (nSPS) is 15.9. The van der Waals surface area contributed by atoms with Crippen LogP contribution in [-0.4, -0.2) is 74.1 Å². The van der Waals surface area contributed by atoms with Crippen LogP contribution in [0.5, 0.6) is 0 Å². The molecule has 0 spiro atoms. The zero-order valence-electron chi connectivity index (χ0n) is 16.1. The van der Waals surface area contributed by atoms with Gasteiger partial charge in [0.2, 0.25) is 0 Å². The van der Waals surface area contributed by atoms with Crippen LogP contribution in [0.2, 0.25) is 0 Å². The molecule has 2 rings (SSSR count). The number of nitrogens with zero attached hydrogens (tertiary/aromatic N) is 3. The number of halogens is 1. The molecular weight excluding hydrogens is 455 g/mol. The second-order valence-electron chi connectivity index (χ2n) is 6.27. The van der Waals surface area contributed by atoms with Gasteiger partial charge in [-0.05, 0) is 30.4 Å². The van der Waals surface area contributed by atoms with E-state index >= 15 is 0 Å². The lowest BCUT2D eigenvalue weighted by Gasteiger charge is -2.36. The first-order valence-electron chi connectivity index (χ1n) is 9.22. The van der Waals surface area contributed by atoms with Crippen LogP contribution in [0.15, 0.2) is 41.4 Å². The smallest absolute Gasteiger partial charge is 0.193 e.